The number of hydrogen-bond acceptors (Lipinski definition) is 4. The molecular weight excluding hydrogens is 354 g/mol. The molecule has 0 saturated heterocycles. The van der Waals surface area contributed by atoms with Crippen molar-refractivity contribution in [3.05, 3.63) is 63.9 Å². The molecule has 0 spiro atoms. The van der Waals surface area contributed by atoms with Gasteiger partial charge in [0.2, 0.25) is 12.3 Å². The van der Waals surface area contributed by atoms with Gasteiger partial charge in [0.25, 0.3) is 0 Å². The van der Waals surface area contributed by atoms with E-state index in [1.54, 1.807) is 0 Å². The fourth-order valence-electron chi connectivity index (χ4n) is 1.92. The van der Waals surface area contributed by atoms with Crippen molar-refractivity contribution in [2.45, 2.75) is 6.54 Å². The molecule has 0 aliphatic carbocycles. The van der Waals surface area contributed by atoms with Crippen LogP contribution in [-0.2, 0) is 6.54 Å². The molecule has 3 rings (SSSR count). The summed E-state index contributed by atoms with van der Waals surface area (Å²) in [6.07, 6.45) is 1.32. The Bertz CT molecular complexity index is 746. The molecule has 0 unspecified atom stereocenters. The molecule has 0 aliphatic heterocycles. The second kappa shape index (κ2) is 6.28. The molecule has 6 heteroatoms. The second-order valence-corrected chi connectivity index (χ2v) is 5.74. The van der Waals surface area contributed by atoms with Gasteiger partial charge in [-0.3, -0.25) is 0 Å². The molecule has 0 amide bonds. The summed E-state index contributed by atoms with van der Waals surface area (Å²) in [5.74, 6) is 0.500. The fraction of sp³-hybridized carbons (Fsp3) is 0.0667. The number of aromatic nitrogens is 2. The summed E-state index contributed by atoms with van der Waals surface area (Å²) in [6, 6.07) is 13.6. The lowest BCUT2D eigenvalue weighted by atomic mass is 10.2. The Hall–Kier alpha value is -1.85. The minimum atomic E-state index is 0.500. The fourth-order valence-corrected chi connectivity index (χ4v) is 2.66. The summed E-state index contributed by atoms with van der Waals surface area (Å²) >= 11 is 9.60. The first-order valence-electron chi connectivity index (χ1n) is 6.27. The maximum Gasteiger partial charge on any atom is 0.247 e. The zero-order valence-electron chi connectivity index (χ0n) is 10.9. The first-order chi connectivity index (χ1) is 10.2. The maximum absolute atomic E-state index is 6.20. The van der Waals surface area contributed by atoms with Crippen LogP contribution in [0.2, 0.25) is 5.02 Å². The molecule has 1 N–H and O–H groups in total. The van der Waals surface area contributed by atoms with Gasteiger partial charge in [-0.2, -0.15) is 0 Å². The Labute approximate surface area is 135 Å². The Balaban J connectivity index is 1.75. The van der Waals surface area contributed by atoms with E-state index in [-0.39, 0.29) is 0 Å². The first kappa shape index (κ1) is 14.1. The highest BCUT2D eigenvalue weighted by atomic mass is 79.9. The Morgan fingerprint density at radius 3 is 2.86 bits per heavy atom. The summed E-state index contributed by atoms with van der Waals surface area (Å²) in [6.45, 7) is 0.638. The van der Waals surface area contributed by atoms with Crippen molar-refractivity contribution >= 4 is 33.2 Å². The van der Waals surface area contributed by atoms with Crippen molar-refractivity contribution in [1.82, 2.24) is 10.2 Å². The van der Waals surface area contributed by atoms with Crippen LogP contribution in [0.4, 0.5) is 5.69 Å². The van der Waals surface area contributed by atoms with E-state index in [2.05, 4.69) is 31.4 Å². The topological polar surface area (TPSA) is 51.0 Å². The number of anilines is 1. The van der Waals surface area contributed by atoms with Gasteiger partial charge in [-0.25, -0.2) is 0 Å². The number of hydrogen-bond donors (Lipinski definition) is 1. The van der Waals surface area contributed by atoms with E-state index in [0.717, 1.165) is 26.3 Å². The number of benzene rings is 2. The molecule has 106 valence electrons. The molecule has 0 aliphatic rings. The molecule has 0 fully saturated rings. The van der Waals surface area contributed by atoms with Crippen molar-refractivity contribution < 1.29 is 4.42 Å². The number of rotatable bonds is 4. The van der Waals surface area contributed by atoms with Gasteiger partial charge in [0.1, 0.15) is 0 Å². The van der Waals surface area contributed by atoms with E-state index in [1.165, 1.54) is 6.39 Å². The van der Waals surface area contributed by atoms with Crippen molar-refractivity contribution in [2.75, 3.05) is 5.32 Å². The summed E-state index contributed by atoms with van der Waals surface area (Å²) in [7, 11) is 0. The Kier molecular flexibility index (Phi) is 4.22. The molecular formula is C15H11BrClN3O. The molecule has 0 bridgehead atoms. The van der Waals surface area contributed by atoms with Gasteiger partial charge in [-0.05, 0) is 35.9 Å². The average molecular weight is 365 g/mol. The quantitative estimate of drug-likeness (QED) is 0.725. The maximum atomic E-state index is 6.20. The molecule has 2 aromatic carbocycles. The lowest BCUT2D eigenvalue weighted by Crippen LogP contribution is -2.00. The third-order valence-electron chi connectivity index (χ3n) is 2.97. The number of halogens is 2. The van der Waals surface area contributed by atoms with Crippen LogP contribution in [0.15, 0.2) is 57.7 Å². The summed E-state index contributed by atoms with van der Waals surface area (Å²) < 4.78 is 6.16. The van der Waals surface area contributed by atoms with E-state index < -0.39 is 0 Å². The minimum Gasteiger partial charge on any atom is -0.423 e. The van der Waals surface area contributed by atoms with Crippen LogP contribution in [0, 0.1) is 0 Å². The Morgan fingerprint density at radius 1 is 1.19 bits per heavy atom. The van der Waals surface area contributed by atoms with Crippen LogP contribution in [0.5, 0.6) is 0 Å². The molecule has 3 aromatic rings. The summed E-state index contributed by atoms with van der Waals surface area (Å²) in [5, 5.41) is 11.6. The van der Waals surface area contributed by atoms with Crippen LogP contribution in [0.25, 0.3) is 11.5 Å². The monoisotopic (exact) mass is 363 g/mol. The predicted octanol–water partition coefficient (Wildman–Crippen LogP) is 4.76. The summed E-state index contributed by atoms with van der Waals surface area (Å²) in [4.78, 5) is 0. The third-order valence-corrected chi connectivity index (χ3v) is 3.81. The molecule has 0 atom stereocenters. The van der Waals surface area contributed by atoms with Gasteiger partial charge in [0.15, 0.2) is 0 Å². The van der Waals surface area contributed by atoms with Gasteiger partial charge in [0.05, 0.1) is 0 Å². The lowest BCUT2D eigenvalue weighted by Gasteiger charge is -2.09. The van der Waals surface area contributed by atoms with Crippen LogP contribution in [0.3, 0.4) is 0 Å². The van der Waals surface area contributed by atoms with Crippen molar-refractivity contribution in [3.63, 3.8) is 0 Å². The molecule has 0 saturated carbocycles. The van der Waals surface area contributed by atoms with Crippen molar-refractivity contribution in [1.29, 1.82) is 0 Å². The van der Waals surface area contributed by atoms with Crippen LogP contribution < -0.4 is 5.32 Å². The lowest BCUT2D eigenvalue weighted by molar-refractivity contribution is 0.568. The van der Waals surface area contributed by atoms with Crippen LogP contribution in [0.1, 0.15) is 5.56 Å². The first-order valence-corrected chi connectivity index (χ1v) is 7.44. The van der Waals surface area contributed by atoms with Crippen molar-refractivity contribution in [3.8, 4) is 11.5 Å². The van der Waals surface area contributed by atoms with E-state index in [9.17, 15) is 0 Å². The van der Waals surface area contributed by atoms with E-state index in [1.807, 2.05) is 42.5 Å². The van der Waals surface area contributed by atoms with E-state index >= 15 is 0 Å². The molecule has 21 heavy (non-hydrogen) atoms. The van der Waals surface area contributed by atoms with Gasteiger partial charge in [-0.1, -0.05) is 39.7 Å². The highest BCUT2D eigenvalue weighted by molar-refractivity contribution is 9.10. The van der Waals surface area contributed by atoms with Gasteiger partial charge >= 0.3 is 0 Å². The molecule has 1 heterocycles. The highest BCUT2D eigenvalue weighted by Gasteiger charge is 2.05. The largest absolute Gasteiger partial charge is 0.423 e. The normalized spacial score (nSPS) is 10.6. The van der Waals surface area contributed by atoms with Gasteiger partial charge in [-0.15, -0.1) is 10.2 Å². The minimum absolute atomic E-state index is 0.500. The zero-order valence-corrected chi connectivity index (χ0v) is 13.2. The standard InChI is InChI=1S/C15H11BrClN3O/c16-12-5-4-11(14(17)7-12)8-18-13-3-1-2-10(6-13)15-20-19-9-21-15/h1-7,9,18H,8H2. The van der Waals surface area contributed by atoms with Crippen molar-refractivity contribution in [2.24, 2.45) is 0 Å². The van der Waals surface area contributed by atoms with Gasteiger partial charge < -0.3 is 9.73 Å². The van der Waals surface area contributed by atoms with Crippen LogP contribution >= 0.6 is 27.5 Å². The zero-order chi connectivity index (χ0) is 14.7. The highest BCUT2D eigenvalue weighted by Crippen LogP contribution is 2.24. The average Bonchev–Trinajstić information content (AvgIpc) is 3.01. The van der Waals surface area contributed by atoms with Crippen LogP contribution in [-0.4, -0.2) is 10.2 Å². The number of nitrogens with zero attached hydrogens (tertiary/aromatic N) is 2. The smallest absolute Gasteiger partial charge is 0.247 e. The molecule has 1 aromatic heterocycles. The number of nitrogens with one attached hydrogen (secondary N) is 1. The Morgan fingerprint density at radius 2 is 2.10 bits per heavy atom. The third kappa shape index (κ3) is 3.43. The van der Waals surface area contributed by atoms with Gasteiger partial charge in [0, 0.05) is 27.3 Å². The second-order valence-electron chi connectivity index (χ2n) is 4.41. The summed E-state index contributed by atoms with van der Waals surface area (Å²) in [5.41, 5.74) is 2.87. The molecule has 0 radical (unpaired) electrons. The van der Waals surface area contributed by atoms with E-state index in [0.29, 0.717) is 12.4 Å². The predicted molar refractivity (Wildman–Crippen MR) is 86.2 cm³/mol. The van der Waals surface area contributed by atoms with E-state index in [4.69, 9.17) is 16.0 Å². The molecule has 4 nitrogen and oxygen atoms in total. The SMILES string of the molecule is Clc1cc(Br)ccc1CNc1cccc(-c2nnco2)c1.